The largest absolute Gasteiger partial charge is 0.420 e. The number of thioether (sulfide) groups is 1. The van der Waals surface area contributed by atoms with Gasteiger partial charge in [-0.2, -0.15) is 4.98 Å². The van der Waals surface area contributed by atoms with Crippen molar-refractivity contribution in [2.24, 2.45) is 0 Å². The number of aryl methyl sites for hydroxylation is 1. The van der Waals surface area contributed by atoms with Crippen molar-refractivity contribution in [3.8, 4) is 0 Å². The fourth-order valence-electron chi connectivity index (χ4n) is 3.37. The molecule has 11 heteroatoms. The van der Waals surface area contributed by atoms with E-state index in [-0.39, 0.29) is 27.6 Å². The fourth-order valence-corrected chi connectivity index (χ4v) is 5.98. The van der Waals surface area contributed by atoms with Crippen LogP contribution in [0.4, 0.5) is 5.88 Å². The van der Waals surface area contributed by atoms with E-state index < -0.39 is 9.84 Å². The van der Waals surface area contributed by atoms with Crippen molar-refractivity contribution < 1.29 is 22.4 Å². The number of hydrogen-bond acceptors (Lipinski definition) is 9. The highest BCUT2D eigenvalue weighted by molar-refractivity contribution is 8.26. The normalized spacial score (nSPS) is 18.8. The van der Waals surface area contributed by atoms with E-state index >= 15 is 0 Å². The van der Waals surface area contributed by atoms with Crippen molar-refractivity contribution in [2.75, 3.05) is 37.7 Å². The number of carbonyl (C=O) groups excluding carboxylic acids is 1. The van der Waals surface area contributed by atoms with Gasteiger partial charge in [-0.15, -0.1) is 0 Å². The van der Waals surface area contributed by atoms with Crippen LogP contribution in [0.2, 0.25) is 0 Å². The van der Waals surface area contributed by atoms with Gasteiger partial charge in [0.2, 0.25) is 26.6 Å². The average Bonchev–Trinajstić information content (AvgIpc) is 3.32. The Kier molecular flexibility index (Phi) is 6.70. The van der Waals surface area contributed by atoms with Crippen LogP contribution in [0.15, 0.2) is 43.5 Å². The monoisotopic (exact) mass is 493 g/mol. The second-order valence-electron chi connectivity index (χ2n) is 7.41. The number of thiocarbonyl (C=S) groups is 1. The number of amides is 1. The number of oxazole rings is 1. The molecular formula is C21H23N3O5S3. The van der Waals surface area contributed by atoms with E-state index in [1.54, 1.807) is 29.2 Å². The Bertz CT molecular complexity index is 1170. The molecule has 0 aliphatic carbocycles. The lowest BCUT2D eigenvalue weighted by Gasteiger charge is -2.26. The Hall–Kier alpha value is -2.21. The van der Waals surface area contributed by atoms with Crippen LogP contribution in [0.25, 0.3) is 6.08 Å². The summed E-state index contributed by atoms with van der Waals surface area (Å²) in [6.07, 6.45) is 2.24. The number of anilines is 1. The minimum atomic E-state index is -3.94. The maximum absolute atomic E-state index is 13.4. The maximum Gasteiger partial charge on any atom is 0.266 e. The molecule has 0 radical (unpaired) electrons. The SMILES string of the molecule is CCCN1C(=O)C(=Cc2nc(S(=O)(=O)c3ccc(C)cc3)c(N3CCOCC3)o2)SC1=S. The zero-order chi connectivity index (χ0) is 22.9. The molecule has 2 aromatic rings. The first kappa shape index (κ1) is 23.0. The molecule has 0 bridgehead atoms. The summed E-state index contributed by atoms with van der Waals surface area (Å²) in [6.45, 7) is 6.24. The van der Waals surface area contributed by atoms with Gasteiger partial charge in [0.25, 0.3) is 5.91 Å². The molecule has 2 saturated heterocycles. The van der Waals surface area contributed by atoms with Crippen LogP contribution < -0.4 is 4.90 Å². The zero-order valence-electron chi connectivity index (χ0n) is 17.7. The van der Waals surface area contributed by atoms with Gasteiger partial charge < -0.3 is 14.1 Å². The van der Waals surface area contributed by atoms with Crippen LogP contribution in [0.3, 0.4) is 0 Å². The van der Waals surface area contributed by atoms with Crippen molar-refractivity contribution in [3.05, 3.63) is 40.6 Å². The zero-order valence-corrected chi connectivity index (χ0v) is 20.2. The Morgan fingerprint density at radius 3 is 2.56 bits per heavy atom. The Labute approximate surface area is 196 Å². The smallest absolute Gasteiger partial charge is 0.266 e. The van der Waals surface area contributed by atoms with Gasteiger partial charge in [0.1, 0.15) is 4.32 Å². The van der Waals surface area contributed by atoms with Gasteiger partial charge in [-0.3, -0.25) is 9.69 Å². The van der Waals surface area contributed by atoms with E-state index in [4.69, 9.17) is 21.4 Å². The standard InChI is InChI=1S/C21H23N3O5S3/c1-3-8-24-19(25)16(31-21(24)30)13-17-22-18(20(29-17)23-9-11-28-12-10-23)32(26,27)15-6-4-14(2)5-7-15/h4-7,13H,3,8-12H2,1-2H3. The molecule has 3 heterocycles. The van der Waals surface area contributed by atoms with E-state index in [2.05, 4.69) is 4.98 Å². The first-order chi connectivity index (χ1) is 15.3. The van der Waals surface area contributed by atoms with Crippen molar-refractivity contribution in [1.82, 2.24) is 9.88 Å². The van der Waals surface area contributed by atoms with Gasteiger partial charge in [0.15, 0.2) is 0 Å². The molecule has 0 saturated carbocycles. The molecule has 2 aliphatic heterocycles. The molecule has 0 spiro atoms. The number of carbonyl (C=O) groups is 1. The van der Waals surface area contributed by atoms with Gasteiger partial charge >= 0.3 is 0 Å². The lowest BCUT2D eigenvalue weighted by molar-refractivity contribution is -0.122. The van der Waals surface area contributed by atoms with Gasteiger partial charge in [-0.05, 0) is 25.5 Å². The topological polar surface area (TPSA) is 93.0 Å². The van der Waals surface area contributed by atoms with Crippen LogP contribution in [0, 0.1) is 6.92 Å². The molecule has 0 atom stereocenters. The number of benzene rings is 1. The highest BCUT2D eigenvalue weighted by atomic mass is 32.2. The minimum Gasteiger partial charge on any atom is -0.420 e. The lowest BCUT2D eigenvalue weighted by atomic mass is 10.2. The summed E-state index contributed by atoms with van der Waals surface area (Å²) in [5.41, 5.74) is 0.951. The maximum atomic E-state index is 13.4. The summed E-state index contributed by atoms with van der Waals surface area (Å²) < 4.78 is 38.6. The van der Waals surface area contributed by atoms with E-state index in [0.29, 0.717) is 42.1 Å². The van der Waals surface area contributed by atoms with Gasteiger partial charge in [-0.25, -0.2) is 8.42 Å². The first-order valence-corrected chi connectivity index (χ1v) is 12.9. The van der Waals surface area contributed by atoms with Gasteiger partial charge in [0, 0.05) is 25.7 Å². The van der Waals surface area contributed by atoms with Gasteiger partial charge in [0.05, 0.1) is 23.0 Å². The van der Waals surface area contributed by atoms with Crippen LogP contribution in [0.5, 0.6) is 0 Å². The van der Waals surface area contributed by atoms with Crippen LogP contribution >= 0.6 is 24.0 Å². The number of morpholine rings is 1. The molecule has 0 unspecified atom stereocenters. The van der Waals surface area contributed by atoms with Crippen molar-refractivity contribution in [1.29, 1.82) is 0 Å². The summed E-state index contributed by atoms with van der Waals surface area (Å²) in [5.74, 6) is -0.0192. The summed E-state index contributed by atoms with van der Waals surface area (Å²) >= 11 is 6.46. The lowest BCUT2D eigenvalue weighted by Crippen LogP contribution is -2.36. The number of ether oxygens (including phenoxy) is 1. The average molecular weight is 494 g/mol. The van der Waals surface area contributed by atoms with Crippen molar-refractivity contribution >= 4 is 56.0 Å². The second-order valence-corrected chi connectivity index (χ2v) is 11.0. The molecule has 8 nitrogen and oxygen atoms in total. The molecule has 2 fully saturated rings. The molecule has 1 amide bonds. The molecule has 170 valence electrons. The second kappa shape index (κ2) is 9.34. The Morgan fingerprint density at radius 1 is 1.22 bits per heavy atom. The van der Waals surface area contributed by atoms with Gasteiger partial charge in [-0.1, -0.05) is 48.6 Å². The Morgan fingerprint density at radius 2 is 1.91 bits per heavy atom. The van der Waals surface area contributed by atoms with E-state index in [0.717, 1.165) is 23.7 Å². The molecule has 1 aromatic carbocycles. The van der Waals surface area contributed by atoms with E-state index in [1.165, 1.54) is 11.0 Å². The van der Waals surface area contributed by atoms with E-state index in [9.17, 15) is 13.2 Å². The third-order valence-electron chi connectivity index (χ3n) is 5.06. The Balaban J connectivity index is 1.76. The van der Waals surface area contributed by atoms with Crippen LogP contribution in [0.1, 0.15) is 24.8 Å². The van der Waals surface area contributed by atoms with Crippen molar-refractivity contribution in [3.63, 3.8) is 0 Å². The highest BCUT2D eigenvalue weighted by Crippen LogP contribution is 2.36. The third-order valence-corrected chi connectivity index (χ3v) is 8.10. The number of hydrogen-bond donors (Lipinski definition) is 0. The summed E-state index contributed by atoms with van der Waals surface area (Å²) in [6, 6.07) is 6.58. The minimum absolute atomic E-state index is 0.0502. The molecule has 2 aliphatic rings. The number of rotatable bonds is 6. The predicted octanol–water partition coefficient (Wildman–Crippen LogP) is 3.26. The molecular weight excluding hydrogens is 470 g/mol. The third kappa shape index (κ3) is 4.47. The molecule has 4 rings (SSSR count). The highest BCUT2D eigenvalue weighted by Gasteiger charge is 2.34. The first-order valence-electron chi connectivity index (χ1n) is 10.2. The molecule has 0 N–H and O–H groups in total. The quantitative estimate of drug-likeness (QED) is 0.444. The molecule has 1 aromatic heterocycles. The number of aromatic nitrogens is 1. The van der Waals surface area contributed by atoms with Crippen LogP contribution in [-0.2, 0) is 19.4 Å². The number of sulfone groups is 1. The summed E-state index contributed by atoms with van der Waals surface area (Å²) in [7, 11) is -3.94. The number of nitrogens with zero attached hydrogens (tertiary/aromatic N) is 3. The predicted molar refractivity (Wildman–Crippen MR) is 126 cm³/mol. The van der Waals surface area contributed by atoms with Crippen molar-refractivity contribution in [2.45, 2.75) is 30.2 Å². The summed E-state index contributed by atoms with van der Waals surface area (Å²) in [5, 5.41) is -0.168. The van der Waals surface area contributed by atoms with Crippen LogP contribution in [-0.4, -0.2) is 61.4 Å². The molecule has 32 heavy (non-hydrogen) atoms. The summed E-state index contributed by atoms with van der Waals surface area (Å²) in [4.78, 5) is 20.8. The fraction of sp³-hybridized carbons (Fsp3) is 0.381. The van der Waals surface area contributed by atoms with E-state index in [1.807, 2.05) is 13.8 Å².